The van der Waals surface area contributed by atoms with Crippen LogP contribution in [0.5, 0.6) is 0 Å². The van der Waals surface area contributed by atoms with E-state index >= 15 is 0 Å². The maximum Gasteiger partial charge on any atom is 0.497 e. The average Bonchev–Trinajstić information content (AvgIpc) is 2.65. The molecule has 0 spiro atoms. The van der Waals surface area contributed by atoms with E-state index in [9.17, 15) is 4.79 Å². The average molecular weight is 353 g/mol. The number of ether oxygens (including phenoxy) is 1. The van der Waals surface area contributed by atoms with Crippen LogP contribution in [0.25, 0.3) is 0 Å². The Morgan fingerprint density at radius 1 is 1.24 bits per heavy atom. The Morgan fingerprint density at radius 2 is 1.76 bits per heavy atom. The molecule has 0 unspecified atom stereocenters. The molecule has 1 aliphatic heterocycles. The number of nitrogens with zero attached hydrogens (tertiary/aromatic N) is 2. The Kier molecular flexibility index (Phi) is 6.70. The van der Waals surface area contributed by atoms with Crippen LogP contribution in [0.2, 0.25) is 0 Å². The highest BCUT2D eigenvalue weighted by Crippen LogP contribution is 2.38. The fourth-order valence-corrected chi connectivity index (χ4v) is 1.97. The third-order valence-electron chi connectivity index (χ3n) is 4.23. The molecule has 7 nitrogen and oxygen atoms in total. The van der Waals surface area contributed by atoms with Crippen molar-refractivity contribution >= 4 is 19.4 Å². The molecule has 0 aromatic rings. The molecule has 1 rings (SSSR count). The summed E-state index contributed by atoms with van der Waals surface area (Å²) in [5, 5.41) is 0. The first-order valence-electron chi connectivity index (χ1n) is 8.50. The minimum Gasteiger partial charge on any atom is -0.444 e. The number of hydrogen-bond donors (Lipinski definition) is 1. The van der Waals surface area contributed by atoms with Gasteiger partial charge in [0, 0.05) is 25.3 Å². The van der Waals surface area contributed by atoms with E-state index in [4.69, 9.17) is 19.8 Å². The summed E-state index contributed by atoms with van der Waals surface area (Å²) in [6.45, 7) is 14.3. The van der Waals surface area contributed by atoms with Gasteiger partial charge < -0.3 is 24.7 Å². The number of hydrogen-bond acceptors (Lipinski definition) is 6. The van der Waals surface area contributed by atoms with Crippen molar-refractivity contribution in [3.8, 4) is 0 Å². The molecule has 1 saturated heterocycles. The van der Waals surface area contributed by atoms with E-state index < -0.39 is 23.9 Å². The van der Waals surface area contributed by atoms with Gasteiger partial charge in [-0.3, -0.25) is 4.99 Å². The van der Waals surface area contributed by atoms with Gasteiger partial charge in [-0.05, 0) is 54.7 Å². The number of amides is 1. The predicted molar refractivity (Wildman–Crippen MR) is 101 cm³/mol. The molecule has 2 N–H and O–H groups in total. The Morgan fingerprint density at radius 3 is 2.20 bits per heavy atom. The van der Waals surface area contributed by atoms with Crippen LogP contribution in [-0.4, -0.2) is 61.3 Å². The minimum absolute atomic E-state index is 0.372. The fraction of sp³-hybridized carbons (Fsp3) is 0.765. The number of carbonyl (C=O) groups is 1. The second-order valence-electron chi connectivity index (χ2n) is 8.19. The normalized spacial score (nSPS) is 20.2. The monoisotopic (exact) mass is 353 g/mol. The Labute approximate surface area is 151 Å². The highest BCUT2D eigenvalue weighted by molar-refractivity contribution is 6.60. The van der Waals surface area contributed by atoms with Crippen molar-refractivity contribution in [3.05, 3.63) is 11.7 Å². The molecule has 0 bridgehead atoms. The summed E-state index contributed by atoms with van der Waals surface area (Å²) in [4.78, 5) is 17.7. The molecular weight excluding hydrogens is 321 g/mol. The number of aliphatic imine (C=N–C) groups is 1. The van der Waals surface area contributed by atoms with Crippen molar-refractivity contribution in [2.75, 3.05) is 20.1 Å². The Bertz CT molecular complexity index is 523. The van der Waals surface area contributed by atoms with Crippen LogP contribution < -0.4 is 5.73 Å². The lowest BCUT2D eigenvalue weighted by molar-refractivity contribution is 0.00578. The molecule has 0 saturated carbocycles. The van der Waals surface area contributed by atoms with Crippen molar-refractivity contribution in [1.82, 2.24) is 4.90 Å². The topological polar surface area (TPSA) is 86.4 Å². The summed E-state index contributed by atoms with van der Waals surface area (Å²) in [6.07, 6.45) is 2.69. The van der Waals surface area contributed by atoms with Gasteiger partial charge in [-0.25, -0.2) is 4.79 Å². The molecule has 0 aliphatic carbocycles. The number of carbonyl (C=O) groups excluding carboxylic acids is 1. The SMILES string of the molecule is CN(CCN=CC(=CN)B1OC(C)(C)C(C)(C)O1)C(=O)OC(C)(C)C. The zero-order valence-electron chi connectivity index (χ0n) is 16.8. The smallest absolute Gasteiger partial charge is 0.444 e. The molecule has 0 atom stereocenters. The van der Waals surface area contributed by atoms with Crippen LogP contribution >= 0.6 is 0 Å². The summed E-state index contributed by atoms with van der Waals surface area (Å²) >= 11 is 0. The first kappa shape index (κ1) is 21.5. The molecule has 8 heteroatoms. The fourth-order valence-electron chi connectivity index (χ4n) is 1.97. The molecule has 1 fully saturated rings. The summed E-state index contributed by atoms with van der Waals surface area (Å²) in [5.74, 6) is 0. The number of likely N-dealkylation sites (N-methyl/N-ethyl adjacent to an activating group) is 1. The first-order valence-corrected chi connectivity index (χ1v) is 8.50. The van der Waals surface area contributed by atoms with Gasteiger partial charge in [0.15, 0.2) is 0 Å². The largest absolute Gasteiger partial charge is 0.497 e. The second kappa shape index (κ2) is 7.78. The Balaban J connectivity index is 2.54. The molecule has 1 heterocycles. The summed E-state index contributed by atoms with van der Waals surface area (Å²) in [5.41, 5.74) is 4.96. The zero-order valence-corrected chi connectivity index (χ0v) is 16.8. The van der Waals surface area contributed by atoms with E-state index in [0.717, 1.165) is 0 Å². The molecule has 142 valence electrons. The second-order valence-corrected chi connectivity index (χ2v) is 8.19. The van der Waals surface area contributed by atoms with Crippen LogP contribution in [-0.2, 0) is 14.0 Å². The number of nitrogens with two attached hydrogens (primary N) is 1. The van der Waals surface area contributed by atoms with Crippen LogP contribution in [0.4, 0.5) is 4.79 Å². The first-order chi connectivity index (χ1) is 11.3. The van der Waals surface area contributed by atoms with Crippen LogP contribution in [0.15, 0.2) is 16.7 Å². The third-order valence-corrected chi connectivity index (χ3v) is 4.23. The highest BCUT2D eigenvalue weighted by Gasteiger charge is 2.52. The van der Waals surface area contributed by atoms with E-state index in [-0.39, 0.29) is 6.09 Å². The Hall–Kier alpha value is -1.54. The summed E-state index contributed by atoms with van der Waals surface area (Å²) in [6, 6.07) is 0. The zero-order chi connectivity index (χ0) is 19.5. The van der Waals surface area contributed by atoms with Gasteiger partial charge in [-0.15, -0.1) is 0 Å². The highest BCUT2D eigenvalue weighted by atomic mass is 16.7. The molecule has 0 aromatic carbocycles. The molecule has 1 aliphatic rings. The van der Waals surface area contributed by atoms with Gasteiger partial charge in [0.1, 0.15) is 5.60 Å². The van der Waals surface area contributed by atoms with Gasteiger partial charge in [-0.1, -0.05) is 0 Å². The standard InChI is InChI=1S/C17H32BN3O4/c1-15(2,3)23-14(22)21(8)10-9-20-12-13(11-19)18-24-16(4,5)17(6,7)25-18/h11-12H,9-10,19H2,1-8H3. The minimum atomic E-state index is -0.553. The predicted octanol–water partition coefficient (Wildman–Crippen LogP) is 2.40. The van der Waals surface area contributed by atoms with Crippen molar-refractivity contribution < 1.29 is 18.8 Å². The van der Waals surface area contributed by atoms with Crippen molar-refractivity contribution in [1.29, 1.82) is 0 Å². The lowest BCUT2D eigenvalue weighted by Gasteiger charge is -2.32. The quantitative estimate of drug-likeness (QED) is 0.606. The maximum atomic E-state index is 11.9. The van der Waals surface area contributed by atoms with E-state index in [2.05, 4.69) is 4.99 Å². The van der Waals surface area contributed by atoms with E-state index in [1.807, 2.05) is 48.5 Å². The van der Waals surface area contributed by atoms with E-state index in [1.165, 1.54) is 11.1 Å². The maximum absolute atomic E-state index is 11.9. The van der Waals surface area contributed by atoms with Crippen molar-refractivity contribution in [2.45, 2.75) is 65.3 Å². The molecule has 0 radical (unpaired) electrons. The van der Waals surface area contributed by atoms with Gasteiger partial charge >= 0.3 is 13.2 Å². The van der Waals surface area contributed by atoms with Gasteiger partial charge in [-0.2, -0.15) is 0 Å². The number of allylic oxidation sites excluding steroid dienone is 1. The van der Waals surface area contributed by atoms with Crippen LogP contribution in [0.3, 0.4) is 0 Å². The lowest BCUT2D eigenvalue weighted by atomic mass is 9.79. The molecule has 1 amide bonds. The van der Waals surface area contributed by atoms with Crippen molar-refractivity contribution in [2.24, 2.45) is 10.7 Å². The lowest BCUT2D eigenvalue weighted by Crippen LogP contribution is -2.41. The number of rotatable bonds is 5. The van der Waals surface area contributed by atoms with Gasteiger partial charge in [0.05, 0.1) is 17.7 Å². The summed E-state index contributed by atoms with van der Waals surface area (Å²) < 4.78 is 17.2. The van der Waals surface area contributed by atoms with Gasteiger partial charge in [0.2, 0.25) is 0 Å². The molecular formula is C17H32BN3O4. The summed E-state index contributed by atoms with van der Waals surface area (Å²) in [7, 11) is 1.12. The van der Waals surface area contributed by atoms with Crippen molar-refractivity contribution in [3.63, 3.8) is 0 Å². The molecule has 0 aromatic heterocycles. The van der Waals surface area contributed by atoms with E-state index in [0.29, 0.717) is 18.6 Å². The van der Waals surface area contributed by atoms with Crippen LogP contribution in [0, 0.1) is 0 Å². The third kappa shape index (κ3) is 6.04. The molecule has 25 heavy (non-hydrogen) atoms. The van der Waals surface area contributed by atoms with E-state index in [1.54, 1.807) is 13.3 Å². The van der Waals surface area contributed by atoms with Crippen LogP contribution in [0.1, 0.15) is 48.5 Å². The van der Waals surface area contributed by atoms with Gasteiger partial charge in [0.25, 0.3) is 0 Å².